The summed E-state index contributed by atoms with van der Waals surface area (Å²) in [6.07, 6.45) is 0.335. The van der Waals surface area contributed by atoms with Crippen molar-refractivity contribution >= 4 is 5.91 Å². The van der Waals surface area contributed by atoms with Crippen molar-refractivity contribution in [3.05, 3.63) is 0 Å². The van der Waals surface area contributed by atoms with E-state index in [4.69, 9.17) is 10.9 Å². The number of nitrogens with zero attached hydrogens (tertiary/aromatic N) is 1. The van der Waals surface area contributed by atoms with Crippen LogP contribution in [0.1, 0.15) is 13.3 Å². The van der Waals surface area contributed by atoms with Crippen molar-refractivity contribution in [2.24, 2.45) is 5.84 Å². The molecule has 0 spiro atoms. The number of nitrogens with one attached hydrogen (secondary N) is 1. The summed E-state index contributed by atoms with van der Waals surface area (Å²) < 4.78 is 0. The van der Waals surface area contributed by atoms with Crippen molar-refractivity contribution in [2.75, 3.05) is 20.1 Å². The van der Waals surface area contributed by atoms with E-state index in [0.29, 0.717) is 13.0 Å². The second-order valence-electron chi connectivity index (χ2n) is 2.94. The van der Waals surface area contributed by atoms with Crippen LogP contribution in [-0.4, -0.2) is 42.2 Å². The predicted molar refractivity (Wildman–Crippen MR) is 46.1 cm³/mol. The number of carbonyl (C=O) groups is 1. The van der Waals surface area contributed by atoms with Crippen molar-refractivity contribution in [2.45, 2.75) is 19.4 Å². The summed E-state index contributed by atoms with van der Waals surface area (Å²) in [7, 11) is 1.80. The molecule has 72 valence electrons. The van der Waals surface area contributed by atoms with Gasteiger partial charge in [0, 0.05) is 6.54 Å². The lowest BCUT2D eigenvalue weighted by Crippen LogP contribution is -2.39. The van der Waals surface area contributed by atoms with Gasteiger partial charge in [0.1, 0.15) is 0 Å². The van der Waals surface area contributed by atoms with E-state index < -0.39 is 0 Å². The number of hydrogen-bond donors (Lipinski definition) is 3. The zero-order chi connectivity index (χ0) is 9.56. The summed E-state index contributed by atoms with van der Waals surface area (Å²) in [5.74, 6) is 4.68. The maximum absolute atomic E-state index is 10.7. The Morgan fingerprint density at radius 2 is 2.33 bits per heavy atom. The summed E-state index contributed by atoms with van der Waals surface area (Å²) in [6, 6.07) is 0. The molecule has 0 bridgehead atoms. The highest BCUT2D eigenvalue weighted by atomic mass is 16.3. The topological polar surface area (TPSA) is 78.6 Å². The Bertz CT molecular complexity index is 139. The molecular formula is C7H17N3O2. The molecule has 0 saturated heterocycles. The minimum Gasteiger partial charge on any atom is -0.393 e. The van der Waals surface area contributed by atoms with Crippen LogP contribution in [0.15, 0.2) is 0 Å². The molecule has 0 rings (SSSR count). The van der Waals surface area contributed by atoms with E-state index in [9.17, 15) is 4.79 Å². The molecule has 0 aromatic carbocycles. The SMILES string of the molecule is CC(O)CCN(C)CC(=O)NN. The van der Waals surface area contributed by atoms with Crippen molar-refractivity contribution < 1.29 is 9.90 Å². The van der Waals surface area contributed by atoms with Gasteiger partial charge in [-0.05, 0) is 20.4 Å². The van der Waals surface area contributed by atoms with Crippen LogP contribution in [0.5, 0.6) is 0 Å². The van der Waals surface area contributed by atoms with Gasteiger partial charge in [0.2, 0.25) is 5.91 Å². The molecule has 1 amide bonds. The Morgan fingerprint density at radius 1 is 1.75 bits per heavy atom. The summed E-state index contributed by atoms with van der Waals surface area (Å²) >= 11 is 0. The molecule has 0 aliphatic carbocycles. The van der Waals surface area contributed by atoms with Crippen LogP contribution in [0, 0.1) is 0 Å². The second kappa shape index (κ2) is 5.93. The number of aliphatic hydroxyl groups excluding tert-OH is 1. The molecule has 5 heteroatoms. The van der Waals surface area contributed by atoms with E-state index in [1.54, 1.807) is 18.9 Å². The monoisotopic (exact) mass is 175 g/mol. The Kier molecular flexibility index (Phi) is 5.61. The summed E-state index contributed by atoms with van der Waals surface area (Å²) in [5.41, 5.74) is 2.04. The van der Waals surface area contributed by atoms with Gasteiger partial charge in [-0.1, -0.05) is 0 Å². The fourth-order valence-electron chi connectivity index (χ4n) is 0.777. The van der Waals surface area contributed by atoms with Crippen LogP contribution < -0.4 is 11.3 Å². The lowest BCUT2D eigenvalue weighted by atomic mass is 10.3. The minimum atomic E-state index is -0.326. The van der Waals surface area contributed by atoms with Crippen molar-refractivity contribution in [3.63, 3.8) is 0 Å². The molecule has 0 radical (unpaired) electrons. The van der Waals surface area contributed by atoms with E-state index in [1.807, 2.05) is 5.43 Å². The Labute approximate surface area is 72.5 Å². The summed E-state index contributed by atoms with van der Waals surface area (Å²) in [4.78, 5) is 12.5. The molecule has 4 N–H and O–H groups in total. The number of carbonyl (C=O) groups excluding carboxylic acids is 1. The number of nitrogens with two attached hydrogens (primary N) is 1. The average molecular weight is 175 g/mol. The summed E-state index contributed by atoms with van der Waals surface area (Å²) in [6.45, 7) is 2.67. The van der Waals surface area contributed by atoms with Gasteiger partial charge < -0.3 is 5.11 Å². The van der Waals surface area contributed by atoms with Gasteiger partial charge in [-0.2, -0.15) is 0 Å². The van der Waals surface area contributed by atoms with E-state index in [0.717, 1.165) is 0 Å². The zero-order valence-corrected chi connectivity index (χ0v) is 7.58. The fraction of sp³-hybridized carbons (Fsp3) is 0.857. The first-order chi connectivity index (χ1) is 5.56. The number of likely N-dealkylation sites (N-methyl/N-ethyl adjacent to an activating group) is 1. The molecule has 0 aromatic rings. The standard InChI is InChI=1S/C7H17N3O2/c1-6(11)3-4-10(2)5-7(12)9-8/h6,11H,3-5,8H2,1-2H3,(H,9,12). The molecule has 0 saturated carbocycles. The number of aliphatic hydroxyl groups is 1. The minimum absolute atomic E-state index is 0.219. The Balaban J connectivity index is 3.45. The summed E-state index contributed by atoms with van der Waals surface area (Å²) in [5, 5.41) is 8.94. The van der Waals surface area contributed by atoms with Gasteiger partial charge >= 0.3 is 0 Å². The first-order valence-electron chi connectivity index (χ1n) is 3.92. The third-order valence-electron chi connectivity index (χ3n) is 1.50. The number of rotatable bonds is 5. The van der Waals surface area contributed by atoms with E-state index in [2.05, 4.69) is 0 Å². The smallest absolute Gasteiger partial charge is 0.248 e. The lowest BCUT2D eigenvalue weighted by molar-refractivity contribution is -0.122. The molecule has 0 heterocycles. The molecule has 0 fully saturated rings. The lowest BCUT2D eigenvalue weighted by Gasteiger charge is -2.15. The van der Waals surface area contributed by atoms with Gasteiger partial charge in [-0.3, -0.25) is 15.1 Å². The Morgan fingerprint density at radius 3 is 2.75 bits per heavy atom. The van der Waals surface area contributed by atoms with Gasteiger partial charge in [-0.15, -0.1) is 0 Å². The quantitative estimate of drug-likeness (QED) is 0.275. The average Bonchev–Trinajstić information content (AvgIpc) is 2.00. The molecule has 1 atom stereocenters. The van der Waals surface area contributed by atoms with E-state index >= 15 is 0 Å². The molecule has 0 aliphatic rings. The zero-order valence-electron chi connectivity index (χ0n) is 7.58. The highest BCUT2D eigenvalue weighted by Gasteiger charge is 2.05. The fourth-order valence-corrected chi connectivity index (χ4v) is 0.777. The van der Waals surface area contributed by atoms with Gasteiger partial charge in [-0.25, -0.2) is 5.84 Å². The van der Waals surface area contributed by atoms with Crippen molar-refractivity contribution in [3.8, 4) is 0 Å². The molecule has 1 unspecified atom stereocenters. The first kappa shape index (κ1) is 11.4. The third kappa shape index (κ3) is 6.09. The predicted octanol–water partition coefficient (Wildman–Crippen LogP) is -1.32. The molecule has 0 aromatic heterocycles. The number of hydrazine groups is 1. The maximum atomic E-state index is 10.7. The maximum Gasteiger partial charge on any atom is 0.248 e. The van der Waals surface area contributed by atoms with Crippen LogP contribution in [0.3, 0.4) is 0 Å². The Hall–Kier alpha value is -0.650. The van der Waals surface area contributed by atoms with Crippen LogP contribution in [-0.2, 0) is 4.79 Å². The molecule has 5 nitrogen and oxygen atoms in total. The second-order valence-corrected chi connectivity index (χ2v) is 2.94. The van der Waals surface area contributed by atoms with E-state index in [-0.39, 0.29) is 18.6 Å². The van der Waals surface area contributed by atoms with Gasteiger partial charge in [0.15, 0.2) is 0 Å². The van der Waals surface area contributed by atoms with E-state index in [1.165, 1.54) is 0 Å². The molecule has 12 heavy (non-hydrogen) atoms. The van der Waals surface area contributed by atoms with Crippen LogP contribution >= 0.6 is 0 Å². The first-order valence-corrected chi connectivity index (χ1v) is 3.92. The van der Waals surface area contributed by atoms with Gasteiger partial charge in [0.05, 0.1) is 12.6 Å². The van der Waals surface area contributed by atoms with Crippen LogP contribution in [0.4, 0.5) is 0 Å². The van der Waals surface area contributed by atoms with Crippen molar-refractivity contribution in [1.29, 1.82) is 0 Å². The molecule has 0 aliphatic heterocycles. The van der Waals surface area contributed by atoms with Gasteiger partial charge in [0.25, 0.3) is 0 Å². The number of hydrogen-bond acceptors (Lipinski definition) is 4. The normalized spacial score (nSPS) is 13.1. The highest BCUT2D eigenvalue weighted by molar-refractivity contribution is 5.77. The van der Waals surface area contributed by atoms with Crippen LogP contribution in [0.2, 0.25) is 0 Å². The van der Waals surface area contributed by atoms with Crippen molar-refractivity contribution in [1.82, 2.24) is 10.3 Å². The third-order valence-corrected chi connectivity index (χ3v) is 1.50. The molecular weight excluding hydrogens is 158 g/mol. The highest BCUT2D eigenvalue weighted by Crippen LogP contribution is 1.92. The largest absolute Gasteiger partial charge is 0.393 e. The number of amides is 1. The van der Waals surface area contributed by atoms with Crippen LogP contribution in [0.25, 0.3) is 0 Å².